The van der Waals surface area contributed by atoms with Gasteiger partial charge in [0.2, 0.25) is 0 Å². The quantitative estimate of drug-likeness (QED) is 0.785. The van der Waals surface area contributed by atoms with E-state index in [1.54, 1.807) is 0 Å². The first-order valence-corrected chi connectivity index (χ1v) is 7.36. The molecular formula is C19H18N2O2. The van der Waals surface area contributed by atoms with Gasteiger partial charge in [0.05, 0.1) is 11.4 Å². The van der Waals surface area contributed by atoms with Crippen molar-refractivity contribution in [3.8, 4) is 22.5 Å². The predicted octanol–water partition coefficient (Wildman–Crippen LogP) is 4.28. The summed E-state index contributed by atoms with van der Waals surface area (Å²) in [6.45, 7) is 4.41. The number of rotatable bonds is 3. The maximum Gasteiger partial charge on any atom is 0.373 e. The number of H-pyrrole nitrogens is 1. The van der Waals surface area contributed by atoms with Gasteiger partial charge in [-0.3, -0.25) is 5.10 Å². The molecule has 1 heterocycles. The summed E-state index contributed by atoms with van der Waals surface area (Å²) in [4.78, 5) is 16.2. The first kappa shape index (κ1) is 16.4. The summed E-state index contributed by atoms with van der Waals surface area (Å²) in [7, 11) is 0. The van der Waals surface area contributed by atoms with Gasteiger partial charge in [0.15, 0.2) is 0 Å². The Hall–Kier alpha value is -2.97. The Morgan fingerprint density at radius 3 is 2.09 bits per heavy atom. The molecular weight excluding hydrogens is 288 g/mol. The topological polar surface area (TPSA) is 62.8 Å². The van der Waals surface area contributed by atoms with Gasteiger partial charge in [0.25, 0.3) is 0 Å². The summed E-state index contributed by atoms with van der Waals surface area (Å²) in [5, 5.41) is 7.51. The molecule has 0 bridgehead atoms. The van der Waals surface area contributed by atoms with Crippen LogP contribution in [0.3, 0.4) is 0 Å². The van der Waals surface area contributed by atoms with E-state index >= 15 is 0 Å². The second-order valence-electron chi connectivity index (χ2n) is 5.39. The number of aromatic amines is 1. The minimum absolute atomic E-state index is 0.250. The van der Waals surface area contributed by atoms with E-state index in [-0.39, 0.29) is 6.15 Å². The fraction of sp³-hybridized carbons (Fsp3) is 0.158. The van der Waals surface area contributed by atoms with Crippen LogP contribution in [0.5, 0.6) is 0 Å². The monoisotopic (exact) mass is 306 g/mol. The molecule has 0 fully saturated rings. The lowest BCUT2D eigenvalue weighted by Crippen LogP contribution is -1.86. The number of nitrogens with one attached hydrogen (secondary N) is 1. The Balaban J connectivity index is 0.000000595. The summed E-state index contributed by atoms with van der Waals surface area (Å²) in [5.74, 6) is 0.561. The smallest absolute Gasteiger partial charge is 0.277 e. The molecule has 3 aromatic rings. The van der Waals surface area contributed by atoms with Crippen molar-refractivity contribution in [2.75, 3.05) is 0 Å². The second kappa shape index (κ2) is 7.87. The van der Waals surface area contributed by atoms with Crippen LogP contribution in [0.15, 0.2) is 60.7 Å². The maximum atomic E-state index is 8.12. The molecule has 4 nitrogen and oxygen atoms in total. The van der Waals surface area contributed by atoms with Crippen molar-refractivity contribution in [3.05, 3.63) is 66.2 Å². The van der Waals surface area contributed by atoms with Crippen LogP contribution in [-0.4, -0.2) is 16.3 Å². The van der Waals surface area contributed by atoms with Crippen LogP contribution in [0.2, 0.25) is 0 Å². The van der Waals surface area contributed by atoms with Crippen LogP contribution in [0, 0.1) is 0 Å². The molecule has 2 aromatic carbocycles. The van der Waals surface area contributed by atoms with Crippen LogP contribution in [-0.2, 0) is 9.59 Å². The average Bonchev–Trinajstić information content (AvgIpc) is 3.06. The summed E-state index contributed by atoms with van der Waals surface area (Å²) in [6, 6.07) is 21.0. The highest BCUT2D eigenvalue weighted by molar-refractivity contribution is 5.68. The molecule has 0 amide bonds. The average molecular weight is 306 g/mol. The molecule has 0 unspecified atom stereocenters. The minimum atomic E-state index is 0.250. The number of benzene rings is 2. The van der Waals surface area contributed by atoms with Gasteiger partial charge in [-0.05, 0) is 23.1 Å². The SMILES string of the molecule is CC(C)c1ccc(-c2cc(-c3ccccc3)n[nH]2)cc1.O=C=O. The molecule has 0 radical (unpaired) electrons. The normalized spacial score (nSPS) is 9.87. The van der Waals surface area contributed by atoms with Crippen molar-refractivity contribution in [2.45, 2.75) is 19.8 Å². The molecule has 0 aliphatic heterocycles. The molecule has 0 saturated heterocycles. The van der Waals surface area contributed by atoms with Gasteiger partial charge in [-0.1, -0.05) is 68.4 Å². The zero-order valence-electron chi connectivity index (χ0n) is 13.1. The summed E-state index contributed by atoms with van der Waals surface area (Å²) in [6.07, 6.45) is 0.250. The molecule has 0 saturated carbocycles. The van der Waals surface area contributed by atoms with Crippen molar-refractivity contribution in [1.82, 2.24) is 10.2 Å². The Labute approximate surface area is 135 Å². The summed E-state index contributed by atoms with van der Waals surface area (Å²) < 4.78 is 0. The molecule has 1 N–H and O–H groups in total. The predicted molar refractivity (Wildman–Crippen MR) is 88.6 cm³/mol. The van der Waals surface area contributed by atoms with E-state index in [2.05, 4.69) is 66.5 Å². The van der Waals surface area contributed by atoms with Crippen LogP contribution >= 0.6 is 0 Å². The second-order valence-corrected chi connectivity index (χ2v) is 5.39. The van der Waals surface area contributed by atoms with Crippen LogP contribution in [0.25, 0.3) is 22.5 Å². The van der Waals surface area contributed by atoms with Crippen molar-refractivity contribution < 1.29 is 9.59 Å². The first-order chi connectivity index (χ1) is 11.2. The Bertz CT molecular complexity index is 769. The van der Waals surface area contributed by atoms with Crippen molar-refractivity contribution in [3.63, 3.8) is 0 Å². The highest BCUT2D eigenvalue weighted by Gasteiger charge is 2.06. The molecule has 0 aliphatic carbocycles. The van der Waals surface area contributed by atoms with E-state index < -0.39 is 0 Å². The number of nitrogens with zero attached hydrogens (tertiary/aromatic N) is 1. The van der Waals surface area contributed by atoms with Gasteiger partial charge >= 0.3 is 6.15 Å². The Morgan fingerprint density at radius 2 is 1.52 bits per heavy atom. The molecule has 1 aromatic heterocycles. The Morgan fingerprint density at radius 1 is 0.913 bits per heavy atom. The van der Waals surface area contributed by atoms with Crippen LogP contribution in [0.4, 0.5) is 0 Å². The van der Waals surface area contributed by atoms with E-state index in [0.29, 0.717) is 5.92 Å². The third kappa shape index (κ3) is 4.25. The lowest BCUT2D eigenvalue weighted by molar-refractivity contribution is -0.191. The van der Waals surface area contributed by atoms with E-state index in [9.17, 15) is 0 Å². The number of aromatic nitrogens is 2. The minimum Gasteiger partial charge on any atom is -0.277 e. The lowest BCUT2D eigenvalue weighted by Gasteiger charge is -2.05. The van der Waals surface area contributed by atoms with Gasteiger partial charge < -0.3 is 0 Å². The molecule has 0 aliphatic rings. The van der Waals surface area contributed by atoms with Crippen LogP contribution in [0.1, 0.15) is 25.3 Å². The van der Waals surface area contributed by atoms with E-state index in [0.717, 1.165) is 17.0 Å². The van der Waals surface area contributed by atoms with Crippen molar-refractivity contribution >= 4 is 6.15 Å². The summed E-state index contributed by atoms with van der Waals surface area (Å²) >= 11 is 0. The highest BCUT2D eigenvalue weighted by Crippen LogP contribution is 2.25. The van der Waals surface area contributed by atoms with Gasteiger partial charge in [-0.15, -0.1) is 0 Å². The van der Waals surface area contributed by atoms with Gasteiger partial charge in [-0.2, -0.15) is 14.7 Å². The van der Waals surface area contributed by atoms with Gasteiger partial charge in [0, 0.05) is 5.56 Å². The third-order valence-corrected chi connectivity index (χ3v) is 3.54. The fourth-order valence-electron chi connectivity index (χ4n) is 2.27. The fourth-order valence-corrected chi connectivity index (χ4v) is 2.27. The van der Waals surface area contributed by atoms with Crippen molar-refractivity contribution in [1.29, 1.82) is 0 Å². The molecule has 116 valence electrons. The lowest BCUT2D eigenvalue weighted by atomic mass is 10.0. The van der Waals surface area contributed by atoms with E-state index in [1.807, 2.05) is 18.2 Å². The van der Waals surface area contributed by atoms with Gasteiger partial charge in [0.1, 0.15) is 0 Å². The van der Waals surface area contributed by atoms with E-state index in [1.165, 1.54) is 11.1 Å². The summed E-state index contributed by atoms with van der Waals surface area (Å²) in [5.41, 5.74) is 5.70. The highest BCUT2D eigenvalue weighted by atomic mass is 16.2. The third-order valence-electron chi connectivity index (χ3n) is 3.54. The maximum absolute atomic E-state index is 8.12. The standard InChI is InChI=1S/C18H18N2.CO2/c1-13(2)14-8-10-16(11-9-14)18-12-17(19-20-18)15-6-4-3-5-7-15;2-1-3/h3-13H,1-2H3,(H,19,20);. The van der Waals surface area contributed by atoms with Gasteiger partial charge in [-0.25, -0.2) is 0 Å². The zero-order valence-corrected chi connectivity index (χ0v) is 13.1. The number of hydrogen-bond donors (Lipinski definition) is 1. The number of carbonyl (C=O) groups excluding carboxylic acids is 2. The largest absolute Gasteiger partial charge is 0.373 e. The molecule has 0 atom stereocenters. The molecule has 0 spiro atoms. The zero-order chi connectivity index (χ0) is 16.7. The van der Waals surface area contributed by atoms with E-state index in [4.69, 9.17) is 9.59 Å². The van der Waals surface area contributed by atoms with Crippen molar-refractivity contribution in [2.24, 2.45) is 0 Å². The number of hydrogen-bond acceptors (Lipinski definition) is 3. The molecule has 4 heteroatoms. The molecule has 23 heavy (non-hydrogen) atoms. The first-order valence-electron chi connectivity index (χ1n) is 7.36. The Kier molecular flexibility index (Phi) is 5.61. The molecule has 3 rings (SSSR count). The van der Waals surface area contributed by atoms with Crippen LogP contribution < -0.4 is 0 Å².